The summed E-state index contributed by atoms with van der Waals surface area (Å²) in [4.78, 5) is 22.1. The average molecular weight is 365 g/mol. The van der Waals surface area contributed by atoms with E-state index in [1.54, 1.807) is 27.7 Å². The lowest BCUT2D eigenvalue weighted by Crippen LogP contribution is -2.25. The molecule has 2 N–H and O–H groups in total. The summed E-state index contributed by atoms with van der Waals surface area (Å²) in [6.45, 7) is 6.96. The minimum Gasteiger partial charge on any atom is -0.481 e. The number of thiol groups is 2. The lowest BCUT2D eigenvalue weighted by atomic mass is 9.86. The van der Waals surface area contributed by atoms with Crippen molar-refractivity contribution in [2.24, 2.45) is 10.8 Å². The zero-order valence-corrected chi connectivity index (χ0v) is 16.5. The Morgan fingerprint density at radius 3 is 1.35 bits per heavy atom. The third-order valence-electron chi connectivity index (χ3n) is 4.44. The van der Waals surface area contributed by atoms with Crippen LogP contribution in [0.25, 0.3) is 0 Å². The third-order valence-corrected chi connectivity index (χ3v) is 5.47. The van der Waals surface area contributed by atoms with Crippen LogP contribution in [0.5, 0.6) is 0 Å². The predicted molar refractivity (Wildman–Crippen MR) is 101 cm³/mol. The van der Waals surface area contributed by atoms with Crippen molar-refractivity contribution in [2.75, 3.05) is 0 Å². The van der Waals surface area contributed by atoms with E-state index in [4.69, 9.17) is 10.2 Å². The van der Waals surface area contributed by atoms with Gasteiger partial charge in [-0.05, 0) is 66.2 Å². The fourth-order valence-electron chi connectivity index (χ4n) is 2.15. The summed E-state index contributed by atoms with van der Waals surface area (Å²) in [5.41, 5.74) is -1.40. The molecule has 0 aliphatic heterocycles. The van der Waals surface area contributed by atoms with Gasteiger partial charge < -0.3 is 10.2 Å². The Labute approximate surface area is 151 Å². The number of carboxylic acid groups (broad SMARTS) is 2. The third kappa shape index (κ3) is 9.50. The highest BCUT2D eigenvalue weighted by Crippen LogP contribution is 2.28. The number of aliphatic carboxylic acids is 2. The molecule has 136 valence electrons. The highest BCUT2D eigenvalue weighted by molar-refractivity contribution is 7.81. The zero-order valence-electron chi connectivity index (χ0n) is 14.7. The van der Waals surface area contributed by atoms with Gasteiger partial charge in [0.15, 0.2) is 0 Å². The van der Waals surface area contributed by atoms with Crippen LogP contribution in [-0.2, 0) is 9.59 Å². The molecule has 0 amide bonds. The monoisotopic (exact) mass is 364 g/mol. The van der Waals surface area contributed by atoms with Gasteiger partial charge in [0.2, 0.25) is 0 Å². The van der Waals surface area contributed by atoms with Crippen molar-refractivity contribution in [1.29, 1.82) is 0 Å². The fraction of sp³-hybridized carbons (Fsp3) is 0.882. The second-order valence-corrected chi connectivity index (χ2v) is 9.15. The minimum absolute atomic E-state index is 0.199. The maximum atomic E-state index is 11.1. The van der Waals surface area contributed by atoms with Crippen LogP contribution in [0, 0.1) is 10.8 Å². The van der Waals surface area contributed by atoms with E-state index in [1.165, 1.54) is 0 Å². The van der Waals surface area contributed by atoms with Crippen molar-refractivity contribution in [3.05, 3.63) is 0 Å². The molecule has 2 atom stereocenters. The molecule has 0 saturated carbocycles. The van der Waals surface area contributed by atoms with Gasteiger partial charge in [-0.2, -0.15) is 25.3 Å². The highest BCUT2D eigenvalue weighted by Gasteiger charge is 2.28. The molecule has 0 aromatic rings. The molecule has 6 heteroatoms. The molecule has 0 aliphatic carbocycles. The van der Waals surface area contributed by atoms with Gasteiger partial charge in [-0.15, -0.1) is 0 Å². The normalized spacial score (nSPS) is 15.2. The summed E-state index contributed by atoms with van der Waals surface area (Å²) in [6, 6.07) is 0. The van der Waals surface area contributed by atoms with E-state index in [0.29, 0.717) is 12.8 Å². The molecule has 0 spiro atoms. The summed E-state index contributed by atoms with van der Waals surface area (Å²) in [6.07, 6.45) is 5.64. The molecule has 0 aliphatic rings. The lowest BCUT2D eigenvalue weighted by molar-refractivity contribution is -0.148. The van der Waals surface area contributed by atoms with E-state index < -0.39 is 22.8 Å². The maximum absolute atomic E-state index is 11.1. The van der Waals surface area contributed by atoms with E-state index in [2.05, 4.69) is 25.3 Å². The molecule has 0 aromatic carbocycles. The number of hydrogen-bond donors (Lipinski definition) is 4. The Hall–Kier alpha value is -0.360. The molecule has 2 unspecified atom stereocenters. The van der Waals surface area contributed by atoms with E-state index >= 15 is 0 Å². The van der Waals surface area contributed by atoms with Gasteiger partial charge in [-0.25, -0.2) is 0 Å². The number of carboxylic acids is 2. The van der Waals surface area contributed by atoms with E-state index in [9.17, 15) is 9.59 Å². The molecular formula is C17H32O4S2. The molecule has 0 radical (unpaired) electrons. The van der Waals surface area contributed by atoms with E-state index in [0.717, 1.165) is 32.1 Å². The second kappa shape index (κ2) is 9.82. The first kappa shape index (κ1) is 22.6. The predicted octanol–water partition coefficient (Wildman–Crippen LogP) is 4.54. The smallest absolute Gasteiger partial charge is 0.309 e. The van der Waals surface area contributed by atoms with Crippen LogP contribution in [0.4, 0.5) is 0 Å². The van der Waals surface area contributed by atoms with Crippen LogP contribution in [0.3, 0.4) is 0 Å². The largest absolute Gasteiger partial charge is 0.481 e. The lowest BCUT2D eigenvalue weighted by Gasteiger charge is -2.22. The number of hydrogen-bond acceptors (Lipinski definition) is 4. The number of rotatable bonds is 12. The molecule has 0 saturated heterocycles. The van der Waals surface area contributed by atoms with Gasteiger partial charge >= 0.3 is 11.9 Å². The summed E-state index contributed by atoms with van der Waals surface area (Å²) < 4.78 is 0. The van der Waals surface area contributed by atoms with Crippen molar-refractivity contribution in [3.8, 4) is 0 Å². The fourth-order valence-corrected chi connectivity index (χ4v) is 2.77. The molecule has 0 aromatic heterocycles. The SMILES string of the molecule is CC(C)(CCC(S)CCCC(S)CCC(C)(C)C(=O)O)C(=O)O. The molecule has 0 bridgehead atoms. The molecule has 0 rings (SSSR count). The molecule has 0 fully saturated rings. The minimum atomic E-state index is -0.769. The summed E-state index contributed by atoms with van der Waals surface area (Å²) in [5.74, 6) is -1.54. The summed E-state index contributed by atoms with van der Waals surface area (Å²) >= 11 is 9.08. The van der Waals surface area contributed by atoms with Crippen LogP contribution >= 0.6 is 25.3 Å². The second-order valence-electron chi connectivity index (χ2n) is 7.69. The van der Waals surface area contributed by atoms with Crippen molar-refractivity contribution in [1.82, 2.24) is 0 Å². The molecule has 0 heterocycles. The first-order valence-corrected chi connectivity index (χ1v) is 9.24. The van der Waals surface area contributed by atoms with Crippen molar-refractivity contribution in [2.45, 2.75) is 83.1 Å². The Balaban J connectivity index is 3.93. The van der Waals surface area contributed by atoms with Crippen LogP contribution in [0.2, 0.25) is 0 Å². The van der Waals surface area contributed by atoms with Crippen LogP contribution in [0.1, 0.15) is 72.6 Å². The van der Waals surface area contributed by atoms with Crippen LogP contribution in [-0.4, -0.2) is 32.7 Å². The van der Waals surface area contributed by atoms with Gasteiger partial charge in [0.25, 0.3) is 0 Å². The average Bonchev–Trinajstić information content (AvgIpc) is 2.43. The Morgan fingerprint density at radius 2 is 1.09 bits per heavy atom. The molecular weight excluding hydrogens is 332 g/mol. The summed E-state index contributed by atoms with van der Waals surface area (Å²) in [7, 11) is 0. The van der Waals surface area contributed by atoms with E-state index in [-0.39, 0.29) is 10.5 Å². The van der Waals surface area contributed by atoms with Crippen LogP contribution < -0.4 is 0 Å². The van der Waals surface area contributed by atoms with Crippen LogP contribution in [0.15, 0.2) is 0 Å². The quantitative estimate of drug-likeness (QED) is 0.384. The van der Waals surface area contributed by atoms with Gasteiger partial charge in [-0.3, -0.25) is 9.59 Å². The zero-order chi connectivity index (χ0) is 18.3. The molecule has 23 heavy (non-hydrogen) atoms. The Bertz CT molecular complexity index is 358. The topological polar surface area (TPSA) is 74.6 Å². The van der Waals surface area contributed by atoms with Gasteiger partial charge in [-0.1, -0.05) is 6.42 Å². The molecule has 4 nitrogen and oxygen atoms in total. The van der Waals surface area contributed by atoms with Crippen molar-refractivity contribution in [3.63, 3.8) is 0 Å². The number of carbonyl (C=O) groups is 2. The standard InChI is InChI=1S/C17H32O4S2/c1-16(2,14(18)19)10-8-12(22)6-5-7-13(23)9-11-17(3,4)15(20)21/h12-13,22-23H,5-11H2,1-4H3,(H,18,19)(H,20,21). The van der Waals surface area contributed by atoms with E-state index in [1.807, 2.05) is 0 Å². The highest BCUT2D eigenvalue weighted by atomic mass is 32.1. The van der Waals surface area contributed by atoms with Gasteiger partial charge in [0.1, 0.15) is 0 Å². The van der Waals surface area contributed by atoms with Gasteiger partial charge in [0, 0.05) is 10.5 Å². The van der Waals surface area contributed by atoms with Crippen molar-refractivity contribution < 1.29 is 19.8 Å². The Kier molecular flexibility index (Phi) is 9.67. The van der Waals surface area contributed by atoms with Crippen molar-refractivity contribution >= 4 is 37.2 Å². The Morgan fingerprint density at radius 1 is 0.783 bits per heavy atom. The van der Waals surface area contributed by atoms with Gasteiger partial charge in [0.05, 0.1) is 10.8 Å². The first-order chi connectivity index (χ1) is 10.4. The first-order valence-electron chi connectivity index (χ1n) is 8.21. The summed E-state index contributed by atoms with van der Waals surface area (Å²) in [5, 5.41) is 18.6. The maximum Gasteiger partial charge on any atom is 0.309 e.